The molecule has 6 rings (SSSR count). The largest absolute Gasteiger partial charge is 0.497 e. The van der Waals surface area contributed by atoms with Gasteiger partial charge in [0.1, 0.15) is 15.5 Å². The lowest BCUT2D eigenvalue weighted by molar-refractivity contribution is -0.672. The van der Waals surface area contributed by atoms with Crippen molar-refractivity contribution in [2.75, 3.05) is 19.6 Å². The van der Waals surface area contributed by atoms with Gasteiger partial charge in [-0.1, -0.05) is 0 Å². The van der Waals surface area contributed by atoms with Crippen LogP contribution in [0.1, 0.15) is 15.4 Å². The maximum Gasteiger partial charge on any atom is 0.439 e. The zero-order valence-electron chi connectivity index (χ0n) is 18.2. The van der Waals surface area contributed by atoms with Gasteiger partial charge in [-0.05, 0) is 52.4 Å². The third-order valence-corrected chi connectivity index (χ3v) is 6.77. The predicted octanol–water partition coefficient (Wildman–Crippen LogP) is 3.07. The van der Waals surface area contributed by atoms with E-state index in [1.807, 2.05) is 30.3 Å². The molecule has 2 aromatic carbocycles. The Bertz CT molecular complexity index is 1670. The van der Waals surface area contributed by atoms with Crippen molar-refractivity contribution in [3.05, 3.63) is 75.6 Å². The molecule has 1 aliphatic heterocycles. The van der Waals surface area contributed by atoms with Gasteiger partial charge >= 0.3 is 11.3 Å². The molecule has 3 aromatic heterocycles. The summed E-state index contributed by atoms with van der Waals surface area (Å²) in [5.41, 5.74) is 7.60. The second-order valence-corrected chi connectivity index (χ2v) is 8.65. The number of nitrogens with two attached hydrogens (primary N) is 1. The maximum atomic E-state index is 13.5. The first-order chi connectivity index (χ1) is 17.0. The topological polar surface area (TPSA) is 134 Å². The number of ether oxygens (including phenoxy) is 3. The average molecular weight is 489 g/mol. The number of thiophene rings is 1. The lowest BCUT2D eigenvalue weighted by Gasteiger charge is -2.03. The minimum Gasteiger partial charge on any atom is -0.497 e. The standard InChI is InChI=1S/C24H16N4O6S/c1-31-14-5-3-13(4-6-14)28-20(24(30)34-27-28)21(29)22-19(25)15-7-8-16(26-23(15)35-22)12-2-9-17-18(10-12)33-11-32-17/h2-10H,11H2,1H3,(H2-,25,27,29,30)/p+1. The van der Waals surface area contributed by atoms with E-state index in [4.69, 9.17) is 29.5 Å². The van der Waals surface area contributed by atoms with Gasteiger partial charge in [0.15, 0.2) is 11.5 Å². The number of aromatic nitrogens is 3. The molecule has 0 saturated carbocycles. The number of H-pyrrole nitrogens is 1. The molecule has 0 spiro atoms. The van der Waals surface area contributed by atoms with E-state index >= 15 is 0 Å². The number of hydrogen-bond acceptors (Lipinski definition) is 9. The van der Waals surface area contributed by atoms with E-state index in [2.05, 4.69) is 5.27 Å². The van der Waals surface area contributed by atoms with Crippen molar-refractivity contribution in [1.82, 2.24) is 10.3 Å². The Morgan fingerprint density at radius 1 is 1.11 bits per heavy atom. The number of rotatable bonds is 5. The number of nitrogen functional groups attached to an aromatic ring is 1. The van der Waals surface area contributed by atoms with Crippen LogP contribution >= 0.6 is 11.3 Å². The summed E-state index contributed by atoms with van der Waals surface area (Å²) >= 11 is 1.11. The summed E-state index contributed by atoms with van der Waals surface area (Å²) in [6.45, 7) is 0.182. The van der Waals surface area contributed by atoms with E-state index in [1.165, 1.54) is 4.68 Å². The number of aromatic amines is 1. The highest BCUT2D eigenvalue weighted by molar-refractivity contribution is 7.21. The number of carbonyl (C=O) groups excluding carboxylic acids is 1. The number of methoxy groups -OCH3 is 1. The van der Waals surface area contributed by atoms with Crippen LogP contribution in [0.5, 0.6) is 17.2 Å². The molecule has 5 aromatic rings. The normalized spacial score (nSPS) is 12.3. The average Bonchev–Trinajstić information content (AvgIpc) is 3.60. The molecule has 174 valence electrons. The first-order valence-corrected chi connectivity index (χ1v) is 11.3. The van der Waals surface area contributed by atoms with Crippen molar-refractivity contribution in [1.29, 1.82) is 0 Å². The van der Waals surface area contributed by atoms with E-state index in [0.29, 0.717) is 38.8 Å². The van der Waals surface area contributed by atoms with Crippen molar-refractivity contribution in [2.45, 2.75) is 0 Å². The summed E-state index contributed by atoms with van der Waals surface area (Å²) in [5.74, 6) is 1.39. The number of pyridine rings is 1. The molecule has 0 amide bonds. The fourth-order valence-corrected chi connectivity index (χ4v) is 4.90. The molecule has 11 heteroatoms. The van der Waals surface area contributed by atoms with Crippen LogP contribution in [-0.2, 0) is 0 Å². The Morgan fingerprint density at radius 3 is 2.71 bits per heavy atom. The molecule has 10 nitrogen and oxygen atoms in total. The van der Waals surface area contributed by atoms with E-state index in [1.54, 1.807) is 31.4 Å². The molecule has 0 unspecified atom stereocenters. The van der Waals surface area contributed by atoms with Gasteiger partial charge in [-0.15, -0.1) is 11.3 Å². The van der Waals surface area contributed by atoms with Crippen molar-refractivity contribution in [2.24, 2.45) is 0 Å². The van der Waals surface area contributed by atoms with Crippen LogP contribution in [0.2, 0.25) is 0 Å². The summed E-state index contributed by atoms with van der Waals surface area (Å²) in [6.07, 6.45) is 0. The van der Waals surface area contributed by atoms with Crippen LogP contribution in [0.4, 0.5) is 5.69 Å². The molecular formula is C24H17N4O6S+. The van der Waals surface area contributed by atoms with Gasteiger partial charge in [-0.2, -0.15) is 0 Å². The molecule has 4 heterocycles. The summed E-state index contributed by atoms with van der Waals surface area (Å²) in [5, 5.41) is 3.10. The van der Waals surface area contributed by atoms with Crippen LogP contribution < -0.4 is 30.3 Å². The number of carbonyl (C=O) groups is 1. The molecule has 0 aliphatic carbocycles. The lowest BCUT2D eigenvalue weighted by atomic mass is 10.1. The number of fused-ring (bicyclic) bond motifs is 2. The Labute approximate surface area is 201 Å². The minimum atomic E-state index is -0.809. The van der Waals surface area contributed by atoms with Crippen LogP contribution in [0.15, 0.2) is 63.9 Å². The molecule has 35 heavy (non-hydrogen) atoms. The Kier molecular flexibility index (Phi) is 4.78. The highest BCUT2D eigenvalue weighted by Gasteiger charge is 2.34. The number of hydrogen-bond donors (Lipinski definition) is 2. The molecule has 0 bridgehead atoms. The number of nitrogens with one attached hydrogen (secondary N) is 1. The highest BCUT2D eigenvalue weighted by atomic mass is 32.1. The number of nitrogens with zero attached hydrogens (tertiary/aromatic N) is 2. The molecule has 0 fully saturated rings. The quantitative estimate of drug-likeness (QED) is 0.284. The minimum absolute atomic E-state index is 0.182. The SMILES string of the molecule is COc1ccc(-[n+]2[nH]oc(=O)c2C(=O)c2sc3nc(-c4ccc5c(c4)OCO5)ccc3c2N)cc1. The van der Waals surface area contributed by atoms with Gasteiger partial charge in [0.25, 0.3) is 5.78 Å². The van der Waals surface area contributed by atoms with Crippen LogP contribution in [0.25, 0.3) is 27.2 Å². The summed E-state index contributed by atoms with van der Waals surface area (Å²) in [7, 11) is 1.55. The van der Waals surface area contributed by atoms with E-state index in [0.717, 1.165) is 16.9 Å². The Hall–Kier alpha value is -4.64. The fraction of sp³-hybridized carbons (Fsp3) is 0.0833. The third kappa shape index (κ3) is 3.40. The van der Waals surface area contributed by atoms with E-state index < -0.39 is 11.4 Å². The molecule has 1 aliphatic rings. The summed E-state index contributed by atoms with van der Waals surface area (Å²) in [6, 6.07) is 16.0. The highest BCUT2D eigenvalue weighted by Crippen LogP contribution is 2.38. The van der Waals surface area contributed by atoms with Crippen molar-refractivity contribution in [3.8, 4) is 34.2 Å². The van der Waals surface area contributed by atoms with E-state index in [9.17, 15) is 9.59 Å². The third-order valence-electron chi connectivity index (χ3n) is 5.66. The first kappa shape index (κ1) is 20.9. The van der Waals surface area contributed by atoms with Gasteiger partial charge in [0, 0.05) is 23.1 Å². The van der Waals surface area contributed by atoms with Gasteiger partial charge in [-0.3, -0.25) is 9.32 Å². The second kappa shape index (κ2) is 7.99. The summed E-state index contributed by atoms with van der Waals surface area (Å²) in [4.78, 5) is 31.4. The van der Waals surface area contributed by atoms with Crippen molar-refractivity contribution < 1.29 is 28.2 Å². The maximum absolute atomic E-state index is 13.5. The Morgan fingerprint density at radius 2 is 1.91 bits per heavy atom. The van der Waals surface area contributed by atoms with E-state index in [-0.39, 0.29) is 23.1 Å². The van der Waals surface area contributed by atoms with Gasteiger partial charge in [0.2, 0.25) is 12.5 Å². The number of benzene rings is 2. The Balaban J connectivity index is 1.40. The predicted molar refractivity (Wildman–Crippen MR) is 126 cm³/mol. The first-order valence-electron chi connectivity index (χ1n) is 10.4. The summed E-state index contributed by atoms with van der Waals surface area (Å²) < 4.78 is 22.2. The fourth-order valence-electron chi connectivity index (χ4n) is 3.87. The molecule has 0 atom stereocenters. The lowest BCUT2D eigenvalue weighted by Crippen LogP contribution is -2.41. The van der Waals surface area contributed by atoms with Crippen molar-refractivity contribution >= 4 is 33.0 Å². The van der Waals surface area contributed by atoms with Gasteiger partial charge in [0.05, 0.1) is 18.5 Å². The second-order valence-electron chi connectivity index (χ2n) is 7.65. The van der Waals surface area contributed by atoms with Gasteiger partial charge < -0.3 is 19.9 Å². The molecule has 0 saturated heterocycles. The van der Waals surface area contributed by atoms with Crippen LogP contribution in [-0.4, -0.2) is 29.9 Å². The molecule has 0 radical (unpaired) electrons. The zero-order valence-corrected chi connectivity index (χ0v) is 19.0. The van der Waals surface area contributed by atoms with Crippen LogP contribution in [0.3, 0.4) is 0 Å². The van der Waals surface area contributed by atoms with Crippen LogP contribution in [0, 0.1) is 0 Å². The van der Waals surface area contributed by atoms with Crippen molar-refractivity contribution in [3.63, 3.8) is 0 Å². The molecule has 3 N–H and O–H groups in total. The smallest absolute Gasteiger partial charge is 0.439 e. The number of ketones is 1. The van der Waals surface area contributed by atoms with Gasteiger partial charge in [-0.25, -0.2) is 9.78 Å². The molecular weight excluding hydrogens is 472 g/mol. The monoisotopic (exact) mass is 489 g/mol. The number of anilines is 1. The zero-order chi connectivity index (χ0) is 24.1.